The number of carboxylic acid groups (broad SMARTS) is 1. The lowest BCUT2D eigenvalue weighted by molar-refractivity contribution is 0.0697. The van der Waals surface area contributed by atoms with Gasteiger partial charge in [-0.3, -0.25) is 0 Å². The Morgan fingerprint density at radius 2 is 1.95 bits per heavy atom. The summed E-state index contributed by atoms with van der Waals surface area (Å²) < 4.78 is 5.48. The predicted molar refractivity (Wildman–Crippen MR) is 77.1 cm³/mol. The van der Waals surface area contributed by atoms with Crippen LogP contribution >= 0.6 is 11.6 Å². The molecule has 0 atom stereocenters. The second-order valence-corrected chi connectivity index (χ2v) is 4.65. The molecule has 1 N–H and O–H groups in total. The number of aromatic carboxylic acids is 1. The number of aryl methyl sites for hydroxylation is 2. The lowest BCUT2D eigenvalue weighted by atomic mass is 10.2. The molecule has 1 aromatic heterocycles. The van der Waals surface area contributed by atoms with Crippen molar-refractivity contribution in [3.63, 3.8) is 0 Å². The summed E-state index contributed by atoms with van der Waals surface area (Å²) >= 11 is 5.99. The second kappa shape index (κ2) is 6.49. The van der Waals surface area contributed by atoms with Crippen molar-refractivity contribution in [2.75, 3.05) is 0 Å². The highest BCUT2D eigenvalue weighted by molar-refractivity contribution is 6.32. The lowest BCUT2D eigenvalue weighted by Gasteiger charge is -2.08. The van der Waals surface area contributed by atoms with E-state index in [9.17, 15) is 4.79 Å². The Hall–Kier alpha value is -2.21. The Labute approximate surface area is 126 Å². The summed E-state index contributed by atoms with van der Waals surface area (Å²) in [6.45, 7) is 3.95. The molecule has 0 aliphatic rings. The number of aromatic nitrogens is 3. The average molecular weight is 308 g/mol. The molecule has 1 heterocycles. The molecule has 0 aliphatic heterocycles. The number of hydrogen-bond acceptors (Lipinski definition) is 5. The van der Waals surface area contributed by atoms with Crippen LogP contribution in [-0.2, 0) is 12.8 Å². The van der Waals surface area contributed by atoms with Gasteiger partial charge in [-0.25, -0.2) is 4.79 Å². The van der Waals surface area contributed by atoms with Crippen molar-refractivity contribution in [1.82, 2.24) is 15.2 Å². The van der Waals surface area contributed by atoms with Crippen LogP contribution in [0.15, 0.2) is 18.2 Å². The standard InChI is InChI=1S/C14H14ClN3O3/c1-3-10-11(4-2)17-18-14(16-10)21-12-6-5-8(13(19)20)7-9(12)15/h5-7H,3-4H2,1-2H3,(H,19,20). The molecule has 0 bridgehead atoms. The third-order valence-electron chi connectivity index (χ3n) is 2.87. The Bertz CT molecular complexity index is 677. The number of hydrogen-bond donors (Lipinski definition) is 1. The monoisotopic (exact) mass is 307 g/mol. The second-order valence-electron chi connectivity index (χ2n) is 4.25. The molecule has 0 radical (unpaired) electrons. The fourth-order valence-electron chi connectivity index (χ4n) is 1.78. The Morgan fingerprint density at radius 1 is 1.24 bits per heavy atom. The van der Waals surface area contributed by atoms with Gasteiger partial charge in [0.05, 0.1) is 22.0 Å². The van der Waals surface area contributed by atoms with Gasteiger partial charge in [-0.05, 0) is 31.0 Å². The van der Waals surface area contributed by atoms with Gasteiger partial charge in [-0.2, -0.15) is 4.98 Å². The number of carbonyl (C=O) groups is 1. The minimum absolute atomic E-state index is 0.0852. The van der Waals surface area contributed by atoms with E-state index in [4.69, 9.17) is 21.4 Å². The summed E-state index contributed by atoms with van der Waals surface area (Å²) in [5.41, 5.74) is 1.74. The summed E-state index contributed by atoms with van der Waals surface area (Å²) in [7, 11) is 0. The molecule has 0 saturated heterocycles. The number of ether oxygens (including phenoxy) is 1. The van der Waals surface area contributed by atoms with Gasteiger partial charge >= 0.3 is 12.0 Å². The zero-order valence-electron chi connectivity index (χ0n) is 11.6. The molecule has 0 amide bonds. The van der Waals surface area contributed by atoms with Crippen LogP contribution in [0.2, 0.25) is 5.02 Å². The summed E-state index contributed by atoms with van der Waals surface area (Å²) in [5, 5.41) is 17.0. The zero-order valence-corrected chi connectivity index (χ0v) is 12.4. The maximum atomic E-state index is 10.8. The van der Waals surface area contributed by atoms with E-state index < -0.39 is 5.97 Å². The van der Waals surface area contributed by atoms with Gasteiger partial charge < -0.3 is 9.84 Å². The predicted octanol–water partition coefficient (Wildman–Crippen LogP) is 3.14. The fraction of sp³-hybridized carbons (Fsp3) is 0.286. The number of nitrogens with zero attached hydrogens (tertiary/aromatic N) is 3. The van der Waals surface area contributed by atoms with Crippen LogP contribution in [0, 0.1) is 0 Å². The van der Waals surface area contributed by atoms with Crippen molar-refractivity contribution < 1.29 is 14.6 Å². The van der Waals surface area contributed by atoms with Crippen molar-refractivity contribution >= 4 is 17.6 Å². The summed E-state index contributed by atoms with van der Waals surface area (Å²) in [6.07, 6.45) is 1.47. The first kappa shape index (κ1) is 15.2. The molecular weight excluding hydrogens is 294 g/mol. The topological polar surface area (TPSA) is 85.2 Å². The van der Waals surface area contributed by atoms with Crippen LogP contribution in [0.5, 0.6) is 11.8 Å². The fourth-order valence-corrected chi connectivity index (χ4v) is 2.00. The molecule has 6 nitrogen and oxygen atoms in total. The van der Waals surface area contributed by atoms with Crippen LogP contribution in [0.25, 0.3) is 0 Å². The number of benzene rings is 1. The molecule has 0 spiro atoms. The molecule has 0 fully saturated rings. The van der Waals surface area contributed by atoms with Gasteiger partial charge in [0.2, 0.25) is 0 Å². The highest BCUT2D eigenvalue weighted by atomic mass is 35.5. The van der Waals surface area contributed by atoms with Crippen molar-refractivity contribution in [1.29, 1.82) is 0 Å². The van der Waals surface area contributed by atoms with Crippen molar-refractivity contribution in [3.05, 3.63) is 40.2 Å². The summed E-state index contributed by atoms with van der Waals surface area (Å²) in [4.78, 5) is 15.1. The van der Waals surface area contributed by atoms with Gasteiger partial charge in [-0.1, -0.05) is 30.5 Å². The van der Waals surface area contributed by atoms with Crippen molar-refractivity contribution in [2.24, 2.45) is 0 Å². The quantitative estimate of drug-likeness (QED) is 0.913. The molecule has 1 aromatic carbocycles. The molecule has 0 saturated carbocycles. The van der Waals surface area contributed by atoms with E-state index in [0.717, 1.165) is 24.2 Å². The van der Waals surface area contributed by atoms with Gasteiger partial charge in [0, 0.05) is 0 Å². The van der Waals surface area contributed by atoms with Crippen LogP contribution in [0.3, 0.4) is 0 Å². The maximum Gasteiger partial charge on any atom is 0.341 e. The van der Waals surface area contributed by atoms with Crippen molar-refractivity contribution in [3.8, 4) is 11.8 Å². The van der Waals surface area contributed by atoms with Crippen molar-refractivity contribution in [2.45, 2.75) is 26.7 Å². The highest BCUT2D eigenvalue weighted by Crippen LogP contribution is 2.28. The minimum Gasteiger partial charge on any atom is -0.478 e. The SMILES string of the molecule is CCc1nnc(Oc2ccc(C(=O)O)cc2Cl)nc1CC. The molecular formula is C14H14ClN3O3. The smallest absolute Gasteiger partial charge is 0.341 e. The first-order chi connectivity index (χ1) is 10.0. The molecule has 2 rings (SSSR count). The lowest BCUT2D eigenvalue weighted by Crippen LogP contribution is -2.04. The minimum atomic E-state index is -1.05. The van der Waals surface area contributed by atoms with Gasteiger partial charge in [0.15, 0.2) is 0 Å². The van der Waals surface area contributed by atoms with E-state index in [1.165, 1.54) is 18.2 Å². The van der Waals surface area contributed by atoms with E-state index >= 15 is 0 Å². The van der Waals surface area contributed by atoms with E-state index in [1.54, 1.807) is 0 Å². The molecule has 0 unspecified atom stereocenters. The van der Waals surface area contributed by atoms with Crippen LogP contribution in [0.1, 0.15) is 35.6 Å². The summed E-state index contributed by atoms with van der Waals surface area (Å²) in [6, 6.07) is 4.27. The zero-order chi connectivity index (χ0) is 15.4. The average Bonchev–Trinajstić information content (AvgIpc) is 2.48. The first-order valence-corrected chi connectivity index (χ1v) is 6.86. The number of rotatable bonds is 5. The summed E-state index contributed by atoms with van der Waals surface area (Å²) in [5.74, 6) is -0.767. The van der Waals surface area contributed by atoms with E-state index in [1.807, 2.05) is 13.8 Å². The Balaban J connectivity index is 2.28. The first-order valence-electron chi connectivity index (χ1n) is 6.48. The Kier molecular flexibility index (Phi) is 4.70. The molecule has 7 heteroatoms. The van der Waals surface area contributed by atoms with Gasteiger partial charge in [0.25, 0.3) is 0 Å². The number of carboxylic acids is 1. The normalized spacial score (nSPS) is 10.4. The number of halogens is 1. The van der Waals surface area contributed by atoms with Crippen LogP contribution < -0.4 is 4.74 Å². The maximum absolute atomic E-state index is 10.8. The van der Waals surface area contributed by atoms with Gasteiger partial charge in [-0.15, -0.1) is 5.10 Å². The molecule has 0 aliphatic carbocycles. The largest absolute Gasteiger partial charge is 0.478 e. The van der Waals surface area contributed by atoms with Crippen LogP contribution in [-0.4, -0.2) is 26.3 Å². The van der Waals surface area contributed by atoms with E-state index in [-0.39, 0.29) is 22.3 Å². The molecule has 2 aromatic rings. The third kappa shape index (κ3) is 3.46. The van der Waals surface area contributed by atoms with Gasteiger partial charge in [0.1, 0.15) is 5.75 Å². The third-order valence-corrected chi connectivity index (χ3v) is 3.17. The Morgan fingerprint density at radius 3 is 2.52 bits per heavy atom. The molecule has 21 heavy (non-hydrogen) atoms. The van der Waals surface area contributed by atoms with E-state index in [2.05, 4.69) is 15.2 Å². The highest BCUT2D eigenvalue weighted by Gasteiger charge is 2.12. The van der Waals surface area contributed by atoms with E-state index in [0.29, 0.717) is 0 Å². The molecule has 110 valence electrons. The van der Waals surface area contributed by atoms with Crippen LogP contribution in [0.4, 0.5) is 0 Å².